The zero-order chi connectivity index (χ0) is 23.0. The Kier molecular flexibility index (Phi) is 7.29. The number of methoxy groups -OCH3 is 1. The van der Waals surface area contributed by atoms with Crippen molar-refractivity contribution in [3.8, 4) is 5.75 Å². The quantitative estimate of drug-likeness (QED) is 0.535. The van der Waals surface area contributed by atoms with Crippen LogP contribution in [-0.2, 0) is 20.9 Å². The first kappa shape index (κ1) is 22.5. The average Bonchev–Trinajstić information content (AvgIpc) is 2.88. The number of aliphatic imine (C=N–C) groups is 1. The summed E-state index contributed by atoms with van der Waals surface area (Å²) in [4.78, 5) is 17.5. The summed E-state index contributed by atoms with van der Waals surface area (Å²) in [5.74, 6) is 0.380. The Morgan fingerprint density at radius 2 is 1.52 bits per heavy atom. The molecule has 33 heavy (non-hydrogen) atoms. The molecule has 4 rings (SSSR count). The summed E-state index contributed by atoms with van der Waals surface area (Å²) >= 11 is 0. The molecule has 6 heteroatoms. The normalized spacial score (nSPS) is 15.7. The zero-order valence-corrected chi connectivity index (χ0v) is 18.3. The summed E-state index contributed by atoms with van der Waals surface area (Å²) < 4.78 is 17.3. The SMILES string of the molecule is COc1ccc(COC2C=NC(CO)=C(OC(c3ccccc3)c3ccccc3)C2=O)cc1. The topological polar surface area (TPSA) is 77.3 Å². The maximum atomic E-state index is 13.3. The lowest BCUT2D eigenvalue weighted by Crippen LogP contribution is -2.33. The highest BCUT2D eigenvalue weighted by atomic mass is 16.5. The van der Waals surface area contributed by atoms with Gasteiger partial charge in [0, 0.05) is 6.21 Å². The Hall–Kier alpha value is -3.74. The van der Waals surface area contributed by atoms with Crippen molar-refractivity contribution >= 4 is 12.0 Å². The lowest BCUT2D eigenvalue weighted by Gasteiger charge is -2.26. The molecule has 0 spiro atoms. The lowest BCUT2D eigenvalue weighted by molar-refractivity contribution is -0.128. The van der Waals surface area contributed by atoms with Gasteiger partial charge in [-0.1, -0.05) is 72.8 Å². The molecule has 1 N–H and O–H groups in total. The van der Waals surface area contributed by atoms with Gasteiger partial charge < -0.3 is 19.3 Å². The molecule has 3 aromatic rings. The number of Topliss-reactive ketones (excluding diaryl/α,β-unsaturated/α-hetero) is 1. The number of hydrogen-bond acceptors (Lipinski definition) is 6. The van der Waals surface area contributed by atoms with E-state index in [0.717, 1.165) is 22.4 Å². The van der Waals surface area contributed by atoms with Gasteiger partial charge in [-0.15, -0.1) is 0 Å². The van der Waals surface area contributed by atoms with E-state index in [-0.39, 0.29) is 23.8 Å². The van der Waals surface area contributed by atoms with Gasteiger partial charge in [0.1, 0.15) is 17.6 Å². The standard InChI is InChI=1S/C27H25NO5/c1-31-22-14-12-19(13-15-22)18-32-24-16-28-23(17-29)27(25(24)30)33-26(20-8-4-2-5-9-20)21-10-6-3-7-11-21/h2-16,24,26,29H,17-18H2,1H3. The summed E-state index contributed by atoms with van der Waals surface area (Å²) in [6.07, 6.45) is -0.0438. The van der Waals surface area contributed by atoms with E-state index in [1.54, 1.807) is 7.11 Å². The third-order valence-electron chi connectivity index (χ3n) is 5.29. The van der Waals surface area contributed by atoms with E-state index in [0.29, 0.717) is 0 Å². The van der Waals surface area contributed by atoms with E-state index in [9.17, 15) is 9.90 Å². The number of carbonyl (C=O) groups is 1. The number of ether oxygens (including phenoxy) is 3. The van der Waals surface area contributed by atoms with Crippen LogP contribution < -0.4 is 4.74 Å². The van der Waals surface area contributed by atoms with Crippen LogP contribution in [0.1, 0.15) is 22.8 Å². The molecule has 1 aliphatic heterocycles. The highest BCUT2D eigenvalue weighted by Crippen LogP contribution is 2.31. The second-order valence-corrected chi connectivity index (χ2v) is 7.48. The molecule has 1 aliphatic rings. The molecule has 168 valence electrons. The van der Waals surface area contributed by atoms with E-state index in [2.05, 4.69) is 4.99 Å². The van der Waals surface area contributed by atoms with Crippen LogP contribution in [0.15, 0.2) is 101 Å². The number of ketones is 1. The molecule has 0 saturated heterocycles. The Balaban J connectivity index is 1.55. The fraction of sp³-hybridized carbons (Fsp3) is 0.185. The van der Waals surface area contributed by atoms with Crippen molar-refractivity contribution in [1.29, 1.82) is 0 Å². The van der Waals surface area contributed by atoms with Crippen molar-refractivity contribution in [2.24, 2.45) is 4.99 Å². The van der Waals surface area contributed by atoms with E-state index in [1.165, 1.54) is 6.21 Å². The van der Waals surface area contributed by atoms with E-state index >= 15 is 0 Å². The third-order valence-corrected chi connectivity index (χ3v) is 5.29. The first-order valence-electron chi connectivity index (χ1n) is 10.6. The predicted octanol–water partition coefficient (Wildman–Crippen LogP) is 4.24. The molecule has 1 atom stereocenters. The molecule has 1 heterocycles. The first-order valence-corrected chi connectivity index (χ1v) is 10.6. The second-order valence-electron chi connectivity index (χ2n) is 7.48. The van der Waals surface area contributed by atoms with Crippen LogP contribution in [0.5, 0.6) is 5.75 Å². The van der Waals surface area contributed by atoms with Crippen LogP contribution in [0.2, 0.25) is 0 Å². The first-order chi connectivity index (χ1) is 16.2. The monoisotopic (exact) mass is 443 g/mol. The predicted molar refractivity (Wildman–Crippen MR) is 125 cm³/mol. The highest BCUT2D eigenvalue weighted by molar-refractivity contribution is 6.09. The van der Waals surface area contributed by atoms with E-state index < -0.39 is 18.8 Å². The Morgan fingerprint density at radius 1 is 0.909 bits per heavy atom. The smallest absolute Gasteiger partial charge is 0.233 e. The highest BCUT2D eigenvalue weighted by Gasteiger charge is 2.32. The molecule has 0 aliphatic carbocycles. The number of aliphatic hydroxyl groups excluding tert-OH is 1. The molecule has 6 nitrogen and oxygen atoms in total. The van der Waals surface area contributed by atoms with Crippen LogP contribution in [0, 0.1) is 0 Å². The van der Waals surface area contributed by atoms with Crippen molar-refractivity contribution < 1.29 is 24.1 Å². The van der Waals surface area contributed by atoms with Crippen molar-refractivity contribution in [1.82, 2.24) is 0 Å². The lowest BCUT2D eigenvalue weighted by atomic mass is 10.0. The molecule has 0 saturated carbocycles. The van der Waals surface area contributed by atoms with Crippen molar-refractivity contribution in [3.63, 3.8) is 0 Å². The van der Waals surface area contributed by atoms with E-state index in [4.69, 9.17) is 14.2 Å². The molecule has 0 aromatic heterocycles. The number of carbonyl (C=O) groups excluding carboxylic acids is 1. The summed E-state index contributed by atoms with van der Waals surface area (Å²) in [5.41, 5.74) is 2.84. The van der Waals surface area contributed by atoms with Crippen LogP contribution in [0.4, 0.5) is 0 Å². The summed E-state index contributed by atoms with van der Waals surface area (Å²) in [6.45, 7) is -0.200. The van der Waals surface area contributed by atoms with Gasteiger partial charge in [0.2, 0.25) is 5.78 Å². The summed E-state index contributed by atoms with van der Waals surface area (Å²) in [6, 6.07) is 26.6. The molecule has 0 radical (unpaired) electrons. The fourth-order valence-corrected chi connectivity index (χ4v) is 3.52. The second kappa shape index (κ2) is 10.7. The van der Waals surface area contributed by atoms with Crippen molar-refractivity contribution in [2.45, 2.75) is 18.8 Å². The van der Waals surface area contributed by atoms with Gasteiger partial charge in [0.05, 0.1) is 20.3 Å². The number of aliphatic hydroxyl groups is 1. The van der Waals surface area contributed by atoms with Crippen LogP contribution >= 0.6 is 0 Å². The number of benzene rings is 3. The zero-order valence-electron chi connectivity index (χ0n) is 18.3. The molecule has 0 amide bonds. The minimum absolute atomic E-state index is 0.0115. The van der Waals surface area contributed by atoms with Gasteiger partial charge >= 0.3 is 0 Å². The summed E-state index contributed by atoms with van der Waals surface area (Å²) in [5, 5.41) is 9.82. The van der Waals surface area contributed by atoms with Gasteiger partial charge in [0.25, 0.3) is 0 Å². The molecule has 3 aromatic carbocycles. The van der Waals surface area contributed by atoms with Gasteiger partial charge in [0.15, 0.2) is 11.9 Å². The minimum Gasteiger partial charge on any atom is -0.497 e. The molecular formula is C27H25NO5. The number of hydrogen-bond donors (Lipinski definition) is 1. The number of rotatable bonds is 9. The van der Waals surface area contributed by atoms with Gasteiger partial charge in [-0.3, -0.25) is 9.79 Å². The molecular weight excluding hydrogens is 418 g/mol. The number of nitrogens with zero attached hydrogens (tertiary/aromatic N) is 1. The Labute approximate surface area is 192 Å². The average molecular weight is 443 g/mol. The Morgan fingerprint density at radius 3 is 2.06 bits per heavy atom. The van der Waals surface area contributed by atoms with Crippen molar-refractivity contribution in [3.05, 3.63) is 113 Å². The maximum absolute atomic E-state index is 13.3. The Bertz CT molecular complexity index is 1080. The molecule has 0 bridgehead atoms. The molecule has 1 unspecified atom stereocenters. The maximum Gasteiger partial charge on any atom is 0.233 e. The summed E-state index contributed by atoms with van der Waals surface area (Å²) in [7, 11) is 1.60. The van der Waals surface area contributed by atoms with Crippen LogP contribution in [0.25, 0.3) is 0 Å². The fourth-order valence-electron chi connectivity index (χ4n) is 3.52. The van der Waals surface area contributed by atoms with E-state index in [1.807, 2.05) is 84.9 Å². The van der Waals surface area contributed by atoms with Gasteiger partial charge in [-0.2, -0.15) is 0 Å². The van der Waals surface area contributed by atoms with Gasteiger partial charge in [-0.05, 0) is 28.8 Å². The van der Waals surface area contributed by atoms with Crippen LogP contribution in [-0.4, -0.2) is 36.9 Å². The van der Waals surface area contributed by atoms with Crippen LogP contribution in [0.3, 0.4) is 0 Å². The molecule has 0 fully saturated rings. The third kappa shape index (κ3) is 5.37. The van der Waals surface area contributed by atoms with Crippen molar-refractivity contribution in [2.75, 3.05) is 13.7 Å². The van der Waals surface area contributed by atoms with Gasteiger partial charge in [-0.25, -0.2) is 0 Å². The minimum atomic E-state index is -0.912. The largest absolute Gasteiger partial charge is 0.497 e.